The van der Waals surface area contributed by atoms with Gasteiger partial charge in [-0.15, -0.1) is 0 Å². The number of nitrogen functional groups attached to an aromatic ring is 1. The van der Waals surface area contributed by atoms with Gasteiger partial charge in [-0.2, -0.15) is 4.98 Å². The van der Waals surface area contributed by atoms with Gasteiger partial charge in [0, 0.05) is 18.4 Å². The molecule has 6 nitrogen and oxygen atoms in total. The van der Waals surface area contributed by atoms with Gasteiger partial charge in [-0.05, 0) is 26.7 Å². The molecule has 94 valence electrons. The molecule has 1 unspecified atom stereocenters. The topological polar surface area (TPSA) is 85.1 Å². The summed E-state index contributed by atoms with van der Waals surface area (Å²) < 4.78 is 5.50. The third-order valence-corrected chi connectivity index (χ3v) is 2.85. The molecule has 1 fully saturated rings. The van der Waals surface area contributed by atoms with E-state index in [-0.39, 0.29) is 5.54 Å². The minimum Gasteiger partial charge on any atom is -0.379 e. The normalized spacial score (nSPS) is 24.4. The van der Waals surface area contributed by atoms with Crippen LogP contribution in [0.15, 0.2) is 6.07 Å². The van der Waals surface area contributed by atoms with E-state index in [0.29, 0.717) is 12.6 Å². The number of nitrogens with one attached hydrogen (secondary N) is 2. The quantitative estimate of drug-likeness (QED) is 0.538. The molecule has 2 rings (SSSR count). The fraction of sp³-hybridized carbons (Fsp3) is 0.636. The van der Waals surface area contributed by atoms with Gasteiger partial charge in [0.15, 0.2) is 0 Å². The maximum Gasteiger partial charge on any atom is 0.239 e. The molecule has 0 aromatic carbocycles. The largest absolute Gasteiger partial charge is 0.379 e. The summed E-state index contributed by atoms with van der Waals surface area (Å²) in [7, 11) is 0. The van der Waals surface area contributed by atoms with Crippen molar-refractivity contribution < 1.29 is 4.74 Å². The van der Waals surface area contributed by atoms with Gasteiger partial charge in [0.05, 0.1) is 12.1 Å². The molecule has 6 heteroatoms. The summed E-state index contributed by atoms with van der Waals surface area (Å²) in [5.74, 6) is 6.53. The highest BCUT2D eigenvalue weighted by Crippen LogP contribution is 2.23. The van der Waals surface area contributed by atoms with Crippen LogP contribution in [0.1, 0.15) is 25.5 Å². The predicted molar refractivity (Wildman–Crippen MR) is 66.7 cm³/mol. The molecule has 0 amide bonds. The van der Waals surface area contributed by atoms with E-state index in [4.69, 9.17) is 10.6 Å². The van der Waals surface area contributed by atoms with Crippen LogP contribution in [-0.2, 0) is 4.74 Å². The fourth-order valence-electron chi connectivity index (χ4n) is 2.04. The van der Waals surface area contributed by atoms with Crippen LogP contribution in [0.3, 0.4) is 0 Å². The lowest BCUT2D eigenvalue weighted by Gasteiger charge is -2.34. The van der Waals surface area contributed by atoms with Crippen molar-refractivity contribution in [2.24, 2.45) is 5.84 Å². The Morgan fingerprint density at radius 2 is 2.29 bits per heavy atom. The molecular weight excluding hydrogens is 218 g/mol. The number of hydrogen-bond acceptors (Lipinski definition) is 6. The minimum absolute atomic E-state index is 0.0646. The third-order valence-electron chi connectivity index (χ3n) is 2.85. The van der Waals surface area contributed by atoms with E-state index >= 15 is 0 Å². The highest BCUT2D eigenvalue weighted by Gasteiger charge is 2.27. The molecule has 0 saturated carbocycles. The Morgan fingerprint density at radius 3 is 2.94 bits per heavy atom. The first-order valence-corrected chi connectivity index (χ1v) is 5.79. The van der Waals surface area contributed by atoms with Gasteiger partial charge in [0.1, 0.15) is 5.82 Å². The number of hydrazine groups is 1. The molecule has 1 saturated heterocycles. The van der Waals surface area contributed by atoms with Crippen LogP contribution in [-0.4, -0.2) is 28.7 Å². The number of rotatable bonds is 3. The standard InChI is InChI=1S/C11H19N5O/c1-8-6-9(14-10(13-8)16-12)15-11(2)4-3-5-17-7-11/h6H,3-5,7,12H2,1-2H3,(H2,13,14,15,16). The molecule has 1 aliphatic rings. The van der Waals surface area contributed by atoms with E-state index in [1.807, 2.05) is 13.0 Å². The van der Waals surface area contributed by atoms with Gasteiger partial charge >= 0.3 is 0 Å². The molecule has 4 N–H and O–H groups in total. The van der Waals surface area contributed by atoms with Crippen LogP contribution in [0.2, 0.25) is 0 Å². The smallest absolute Gasteiger partial charge is 0.239 e. The minimum atomic E-state index is -0.0646. The number of aromatic nitrogens is 2. The zero-order valence-corrected chi connectivity index (χ0v) is 10.3. The van der Waals surface area contributed by atoms with Gasteiger partial charge in [0.25, 0.3) is 0 Å². The number of aryl methyl sites for hydroxylation is 1. The summed E-state index contributed by atoms with van der Waals surface area (Å²) >= 11 is 0. The average Bonchev–Trinajstić information content (AvgIpc) is 2.28. The van der Waals surface area contributed by atoms with E-state index in [9.17, 15) is 0 Å². The van der Waals surface area contributed by atoms with Crippen molar-refractivity contribution in [3.63, 3.8) is 0 Å². The number of anilines is 2. The summed E-state index contributed by atoms with van der Waals surface area (Å²) in [6.07, 6.45) is 2.14. The van der Waals surface area contributed by atoms with Crippen LogP contribution in [0.4, 0.5) is 11.8 Å². The highest BCUT2D eigenvalue weighted by molar-refractivity contribution is 5.43. The Labute approximate surface area is 101 Å². The van der Waals surface area contributed by atoms with E-state index in [2.05, 4.69) is 27.6 Å². The van der Waals surface area contributed by atoms with E-state index in [0.717, 1.165) is 31.0 Å². The third kappa shape index (κ3) is 3.04. The summed E-state index contributed by atoms with van der Waals surface area (Å²) in [6.45, 7) is 5.59. The Bertz CT molecular complexity index is 389. The Kier molecular flexibility index (Phi) is 3.44. The van der Waals surface area contributed by atoms with Gasteiger partial charge in [-0.25, -0.2) is 10.8 Å². The van der Waals surface area contributed by atoms with Gasteiger partial charge in [-0.1, -0.05) is 0 Å². The van der Waals surface area contributed by atoms with Gasteiger partial charge in [0.2, 0.25) is 5.95 Å². The maximum absolute atomic E-state index is 5.50. The van der Waals surface area contributed by atoms with Crippen molar-refractivity contribution >= 4 is 11.8 Å². The average molecular weight is 237 g/mol. The SMILES string of the molecule is Cc1cc(NC2(C)CCCOC2)nc(NN)n1. The van der Waals surface area contributed by atoms with Crippen LogP contribution in [0.25, 0.3) is 0 Å². The first-order valence-electron chi connectivity index (χ1n) is 5.79. The van der Waals surface area contributed by atoms with E-state index in [1.165, 1.54) is 0 Å². The Balaban J connectivity index is 2.14. The predicted octanol–water partition coefficient (Wildman–Crippen LogP) is 1.05. The molecule has 1 atom stereocenters. The second-order valence-electron chi connectivity index (χ2n) is 4.70. The molecule has 0 aliphatic carbocycles. The van der Waals surface area contributed by atoms with Crippen LogP contribution in [0, 0.1) is 6.92 Å². The molecule has 17 heavy (non-hydrogen) atoms. The number of hydrogen-bond donors (Lipinski definition) is 3. The summed E-state index contributed by atoms with van der Waals surface area (Å²) in [6, 6.07) is 1.90. The Hall–Kier alpha value is -1.40. The van der Waals surface area contributed by atoms with Crippen LogP contribution < -0.4 is 16.6 Å². The molecule has 0 bridgehead atoms. The molecule has 1 aromatic rings. The zero-order valence-electron chi connectivity index (χ0n) is 10.3. The molecule has 1 aliphatic heterocycles. The zero-order chi connectivity index (χ0) is 12.3. The van der Waals surface area contributed by atoms with Crippen molar-refractivity contribution in [2.45, 2.75) is 32.2 Å². The van der Waals surface area contributed by atoms with Crippen molar-refractivity contribution in [3.05, 3.63) is 11.8 Å². The molecule has 0 radical (unpaired) electrons. The van der Waals surface area contributed by atoms with E-state index in [1.54, 1.807) is 0 Å². The lowest BCUT2D eigenvalue weighted by molar-refractivity contribution is 0.0539. The van der Waals surface area contributed by atoms with Gasteiger partial charge < -0.3 is 10.1 Å². The lowest BCUT2D eigenvalue weighted by atomic mass is 9.95. The van der Waals surface area contributed by atoms with Crippen LogP contribution >= 0.6 is 0 Å². The fourth-order valence-corrected chi connectivity index (χ4v) is 2.04. The first-order chi connectivity index (χ1) is 8.11. The number of ether oxygens (including phenoxy) is 1. The first kappa shape index (κ1) is 12.1. The van der Waals surface area contributed by atoms with Gasteiger partial charge in [-0.3, -0.25) is 5.43 Å². The van der Waals surface area contributed by atoms with E-state index < -0.39 is 0 Å². The summed E-state index contributed by atoms with van der Waals surface area (Å²) in [4.78, 5) is 8.43. The summed E-state index contributed by atoms with van der Waals surface area (Å²) in [5, 5.41) is 3.40. The summed E-state index contributed by atoms with van der Waals surface area (Å²) in [5.41, 5.74) is 3.27. The highest BCUT2D eigenvalue weighted by atomic mass is 16.5. The number of nitrogens with two attached hydrogens (primary N) is 1. The number of nitrogens with zero attached hydrogens (tertiary/aromatic N) is 2. The molecule has 2 heterocycles. The second-order valence-corrected chi connectivity index (χ2v) is 4.70. The van der Waals surface area contributed by atoms with Crippen molar-refractivity contribution in [1.82, 2.24) is 9.97 Å². The van der Waals surface area contributed by atoms with Crippen LogP contribution in [0.5, 0.6) is 0 Å². The monoisotopic (exact) mass is 237 g/mol. The molecule has 1 aromatic heterocycles. The van der Waals surface area contributed by atoms with Crippen molar-refractivity contribution in [2.75, 3.05) is 24.0 Å². The van der Waals surface area contributed by atoms with Crippen molar-refractivity contribution in [3.8, 4) is 0 Å². The second kappa shape index (κ2) is 4.85. The molecular formula is C11H19N5O. The lowest BCUT2D eigenvalue weighted by Crippen LogP contribution is -2.43. The molecule has 0 spiro atoms. The Morgan fingerprint density at radius 1 is 1.47 bits per heavy atom. The maximum atomic E-state index is 5.50. The van der Waals surface area contributed by atoms with Crippen molar-refractivity contribution in [1.29, 1.82) is 0 Å².